The van der Waals surface area contributed by atoms with Gasteiger partial charge in [-0.1, -0.05) is 6.07 Å². The molecule has 1 heterocycles. The number of ether oxygens (including phenoxy) is 1. The van der Waals surface area contributed by atoms with Crippen LogP contribution in [0.1, 0.15) is 17.3 Å². The Morgan fingerprint density at radius 3 is 2.75 bits per heavy atom. The molecule has 0 saturated heterocycles. The maximum absolute atomic E-state index is 12.4. The molecule has 0 saturated carbocycles. The molecule has 2 aromatic carbocycles. The van der Waals surface area contributed by atoms with Crippen molar-refractivity contribution in [1.82, 2.24) is 0 Å². The number of nitrogens with zero attached hydrogens (tertiary/aromatic N) is 1. The molecule has 6 heteroatoms. The summed E-state index contributed by atoms with van der Waals surface area (Å²) in [5.41, 5.74) is 2.65. The van der Waals surface area contributed by atoms with Crippen LogP contribution >= 0.6 is 0 Å². The van der Waals surface area contributed by atoms with Gasteiger partial charge in [-0.15, -0.1) is 0 Å². The van der Waals surface area contributed by atoms with E-state index in [0.29, 0.717) is 22.7 Å². The summed E-state index contributed by atoms with van der Waals surface area (Å²) in [6.45, 7) is 1.69. The minimum Gasteiger partial charge on any atom is -0.479 e. The van der Waals surface area contributed by atoms with Crippen molar-refractivity contribution in [2.24, 2.45) is 0 Å². The first kappa shape index (κ1) is 15.9. The average Bonchev–Trinajstić information content (AvgIpc) is 2.56. The average molecular weight is 325 g/mol. The summed E-state index contributed by atoms with van der Waals surface area (Å²) >= 11 is 0. The number of hydrogen-bond acceptors (Lipinski definition) is 4. The summed E-state index contributed by atoms with van der Waals surface area (Å²) in [7, 11) is 3.84. The summed E-state index contributed by atoms with van der Waals surface area (Å²) in [5, 5.41) is 5.60. The molecule has 1 aliphatic heterocycles. The van der Waals surface area contributed by atoms with Gasteiger partial charge in [0, 0.05) is 31.0 Å². The Morgan fingerprint density at radius 1 is 1.21 bits per heavy atom. The van der Waals surface area contributed by atoms with E-state index in [-0.39, 0.29) is 11.8 Å². The Labute approximate surface area is 140 Å². The molecule has 2 amide bonds. The highest BCUT2D eigenvalue weighted by Gasteiger charge is 2.23. The summed E-state index contributed by atoms with van der Waals surface area (Å²) < 4.78 is 5.50. The molecule has 2 N–H and O–H groups in total. The SMILES string of the molecule is C[C@@H]1Oc2ccc(NC(=O)c3cccc(N(C)C)c3)cc2NC1=O. The lowest BCUT2D eigenvalue weighted by Crippen LogP contribution is -2.34. The Kier molecular flexibility index (Phi) is 4.12. The first-order chi connectivity index (χ1) is 11.4. The van der Waals surface area contributed by atoms with Gasteiger partial charge in [0.15, 0.2) is 6.10 Å². The Balaban J connectivity index is 1.79. The van der Waals surface area contributed by atoms with Crippen molar-refractivity contribution in [2.45, 2.75) is 13.0 Å². The quantitative estimate of drug-likeness (QED) is 0.910. The molecule has 1 aliphatic rings. The zero-order valence-electron chi connectivity index (χ0n) is 13.8. The van der Waals surface area contributed by atoms with E-state index in [0.717, 1.165) is 5.69 Å². The van der Waals surface area contributed by atoms with E-state index in [1.54, 1.807) is 31.2 Å². The maximum atomic E-state index is 12.4. The van der Waals surface area contributed by atoms with Crippen LogP contribution in [-0.4, -0.2) is 32.0 Å². The second-order valence-electron chi connectivity index (χ2n) is 5.86. The fraction of sp³-hybridized carbons (Fsp3) is 0.222. The Bertz CT molecular complexity index is 802. The zero-order valence-corrected chi connectivity index (χ0v) is 13.8. The molecule has 0 fully saturated rings. The van der Waals surface area contributed by atoms with Crippen LogP contribution in [0.2, 0.25) is 0 Å². The predicted molar refractivity (Wildman–Crippen MR) is 93.9 cm³/mol. The molecular formula is C18H19N3O3. The van der Waals surface area contributed by atoms with Gasteiger partial charge in [-0.3, -0.25) is 9.59 Å². The van der Waals surface area contributed by atoms with Crippen LogP contribution in [0.3, 0.4) is 0 Å². The first-order valence-corrected chi connectivity index (χ1v) is 7.64. The minimum absolute atomic E-state index is 0.204. The molecular weight excluding hydrogens is 306 g/mol. The Morgan fingerprint density at radius 2 is 2.00 bits per heavy atom. The molecule has 6 nitrogen and oxygen atoms in total. The number of benzene rings is 2. The van der Waals surface area contributed by atoms with E-state index in [1.807, 2.05) is 37.2 Å². The van der Waals surface area contributed by atoms with E-state index in [4.69, 9.17) is 4.74 Å². The smallest absolute Gasteiger partial charge is 0.265 e. The fourth-order valence-corrected chi connectivity index (χ4v) is 2.42. The molecule has 0 spiro atoms. The maximum Gasteiger partial charge on any atom is 0.265 e. The van der Waals surface area contributed by atoms with Crippen molar-refractivity contribution in [3.05, 3.63) is 48.0 Å². The van der Waals surface area contributed by atoms with Gasteiger partial charge in [0.1, 0.15) is 5.75 Å². The van der Waals surface area contributed by atoms with Crippen molar-refractivity contribution in [3.63, 3.8) is 0 Å². The van der Waals surface area contributed by atoms with Crippen LogP contribution in [0.4, 0.5) is 17.1 Å². The Hall–Kier alpha value is -3.02. The highest BCUT2D eigenvalue weighted by atomic mass is 16.5. The van der Waals surface area contributed by atoms with Gasteiger partial charge in [-0.05, 0) is 43.3 Å². The molecule has 0 radical (unpaired) electrons. The number of fused-ring (bicyclic) bond motifs is 1. The number of nitrogens with one attached hydrogen (secondary N) is 2. The van der Waals surface area contributed by atoms with Crippen LogP contribution < -0.4 is 20.3 Å². The lowest BCUT2D eigenvalue weighted by Gasteiger charge is -2.23. The van der Waals surface area contributed by atoms with Crippen LogP contribution in [-0.2, 0) is 4.79 Å². The molecule has 0 bridgehead atoms. The van der Waals surface area contributed by atoms with Gasteiger partial charge in [0.25, 0.3) is 11.8 Å². The predicted octanol–water partition coefficient (Wildman–Crippen LogP) is 2.72. The van der Waals surface area contributed by atoms with Gasteiger partial charge < -0.3 is 20.3 Å². The van der Waals surface area contributed by atoms with Gasteiger partial charge in [0.2, 0.25) is 0 Å². The number of carbonyl (C=O) groups excluding carboxylic acids is 2. The van der Waals surface area contributed by atoms with Crippen molar-refractivity contribution in [1.29, 1.82) is 0 Å². The second kappa shape index (κ2) is 6.23. The lowest BCUT2D eigenvalue weighted by molar-refractivity contribution is -0.122. The van der Waals surface area contributed by atoms with Crippen molar-refractivity contribution in [3.8, 4) is 5.75 Å². The summed E-state index contributed by atoms with van der Waals surface area (Å²) in [4.78, 5) is 26.0. The minimum atomic E-state index is -0.522. The highest BCUT2D eigenvalue weighted by molar-refractivity contribution is 6.05. The molecule has 0 aliphatic carbocycles. The van der Waals surface area contributed by atoms with Crippen LogP contribution in [0.15, 0.2) is 42.5 Å². The molecule has 1 atom stereocenters. The van der Waals surface area contributed by atoms with Crippen molar-refractivity contribution in [2.75, 3.05) is 29.6 Å². The summed E-state index contributed by atoms with van der Waals surface area (Å²) in [6, 6.07) is 12.5. The number of anilines is 3. The van der Waals surface area contributed by atoms with E-state index < -0.39 is 6.10 Å². The van der Waals surface area contributed by atoms with Gasteiger partial charge in [-0.2, -0.15) is 0 Å². The topological polar surface area (TPSA) is 70.7 Å². The third-order valence-electron chi connectivity index (χ3n) is 3.79. The van der Waals surface area contributed by atoms with Crippen molar-refractivity contribution >= 4 is 28.9 Å². The van der Waals surface area contributed by atoms with Gasteiger partial charge >= 0.3 is 0 Å². The van der Waals surface area contributed by atoms with E-state index in [1.165, 1.54) is 0 Å². The molecule has 2 aromatic rings. The number of amides is 2. The number of carbonyl (C=O) groups is 2. The summed E-state index contributed by atoms with van der Waals surface area (Å²) in [6.07, 6.45) is -0.522. The number of rotatable bonds is 3. The summed E-state index contributed by atoms with van der Waals surface area (Å²) in [5.74, 6) is 0.175. The monoisotopic (exact) mass is 325 g/mol. The van der Waals surface area contributed by atoms with Crippen molar-refractivity contribution < 1.29 is 14.3 Å². The molecule has 3 rings (SSSR count). The van der Waals surface area contributed by atoms with Crippen LogP contribution in [0, 0.1) is 0 Å². The van der Waals surface area contributed by atoms with E-state index in [9.17, 15) is 9.59 Å². The lowest BCUT2D eigenvalue weighted by atomic mass is 10.1. The molecule has 24 heavy (non-hydrogen) atoms. The van der Waals surface area contributed by atoms with Gasteiger partial charge in [0.05, 0.1) is 5.69 Å². The van der Waals surface area contributed by atoms with E-state index >= 15 is 0 Å². The van der Waals surface area contributed by atoms with Gasteiger partial charge in [-0.25, -0.2) is 0 Å². The van der Waals surface area contributed by atoms with E-state index in [2.05, 4.69) is 10.6 Å². The fourth-order valence-electron chi connectivity index (χ4n) is 2.42. The van der Waals surface area contributed by atoms with Crippen LogP contribution in [0.5, 0.6) is 5.75 Å². The normalized spacial score (nSPS) is 15.8. The van der Waals surface area contributed by atoms with Crippen LogP contribution in [0.25, 0.3) is 0 Å². The third-order valence-corrected chi connectivity index (χ3v) is 3.79. The zero-order chi connectivity index (χ0) is 17.3. The molecule has 0 unspecified atom stereocenters. The molecule has 0 aromatic heterocycles. The number of hydrogen-bond donors (Lipinski definition) is 2. The largest absolute Gasteiger partial charge is 0.479 e. The first-order valence-electron chi connectivity index (χ1n) is 7.64. The second-order valence-corrected chi connectivity index (χ2v) is 5.86. The standard InChI is InChI=1S/C18H19N3O3/c1-11-17(22)20-15-10-13(7-8-16(15)24-11)19-18(23)12-5-4-6-14(9-12)21(2)3/h4-11H,1-3H3,(H,19,23)(H,20,22)/t11-/m0/s1. The molecule has 124 valence electrons. The third kappa shape index (κ3) is 3.17. The highest BCUT2D eigenvalue weighted by Crippen LogP contribution is 2.32.